The molecular formula is C17H26N2O3Si. The molecule has 0 saturated heterocycles. The molecule has 2 aromatic heterocycles. The van der Waals surface area contributed by atoms with Crippen molar-refractivity contribution in [1.29, 1.82) is 0 Å². The Bertz CT molecular complexity index is 662. The lowest BCUT2D eigenvalue weighted by Crippen LogP contribution is -2.27. The number of hydrogen-bond acceptors (Lipinski definition) is 5. The molecule has 0 fully saturated rings. The Labute approximate surface area is 139 Å². The van der Waals surface area contributed by atoms with E-state index in [1.165, 1.54) is 0 Å². The van der Waals surface area contributed by atoms with Crippen molar-refractivity contribution in [3.8, 4) is 17.2 Å². The van der Waals surface area contributed by atoms with Crippen molar-refractivity contribution >= 4 is 9.04 Å². The summed E-state index contributed by atoms with van der Waals surface area (Å²) in [7, 11) is 0.412. The normalized spacial score (nSPS) is 13.4. The molecule has 2 aromatic rings. The minimum absolute atomic E-state index is 0.0898. The molecular weight excluding hydrogens is 308 g/mol. The molecule has 5 nitrogen and oxygen atoms in total. The van der Waals surface area contributed by atoms with Crippen molar-refractivity contribution in [3.05, 3.63) is 29.6 Å². The summed E-state index contributed by atoms with van der Waals surface area (Å²) in [5, 5.41) is 3.94. The van der Waals surface area contributed by atoms with Crippen LogP contribution in [0.2, 0.25) is 13.1 Å². The van der Waals surface area contributed by atoms with Crippen molar-refractivity contribution in [2.24, 2.45) is 5.41 Å². The first kappa shape index (κ1) is 17.7. The van der Waals surface area contributed by atoms with Gasteiger partial charge >= 0.3 is 0 Å². The lowest BCUT2D eigenvalue weighted by molar-refractivity contribution is 0.0800. The first-order chi connectivity index (χ1) is 10.7. The van der Waals surface area contributed by atoms with Gasteiger partial charge in [0.1, 0.15) is 17.1 Å². The molecule has 0 saturated carbocycles. The Balaban J connectivity index is 2.52. The number of pyridine rings is 1. The lowest BCUT2D eigenvalue weighted by Gasteiger charge is -2.33. The number of ether oxygens (including phenoxy) is 1. The smallest absolute Gasteiger partial charge is 0.185 e. The van der Waals surface area contributed by atoms with Gasteiger partial charge in [0, 0.05) is 6.07 Å². The Morgan fingerprint density at radius 1 is 1.22 bits per heavy atom. The van der Waals surface area contributed by atoms with E-state index in [0.717, 1.165) is 22.8 Å². The molecule has 23 heavy (non-hydrogen) atoms. The fourth-order valence-corrected chi connectivity index (χ4v) is 3.48. The number of aromatic nitrogens is 2. The Morgan fingerprint density at radius 3 is 2.39 bits per heavy atom. The quantitative estimate of drug-likeness (QED) is 0.769. The zero-order chi connectivity index (χ0) is 17.2. The lowest BCUT2D eigenvalue weighted by atomic mass is 9.86. The predicted molar refractivity (Wildman–Crippen MR) is 93.2 cm³/mol. The minimum atomic E-state index is -1.25. The summed E-state index contributed by atoms with van der Waals surface area (Å²) in [6.07, 6.45) is -0.131. The second kappa shape index (κ2) is 6.84. The highest BCUT2D eigenvalue weighted by atomic mass is 28.3. The van der Waals surface area contributed by atoms with E-state index in [0.29, 0.717) is 5.76 Å². The molecule has 6 heteroatoms. The molecule has 0 spiro atoms. The molecule has 1 unspecified atom stereocenters. The summed E-state index contributed by atoms with van der Waals surface area (Å²) in [4.78, 5) is 4.79. The van der Waals surface area contributed by atoms with Crippen LogP contribution in [0.4, 0.5) is 0 Å². The van der Waals surface area contributed by atoms with E-state index in [-0.39, 0.29) is 11.5 Å². The summed E-state index contributed by atoms with van der Waals surface area (Å²) in [5.41, 5.74) is 2.29. The summed E-state index contributed by atoms with van der Waals surface area (Å²) in [6.45, 7) is 12.7. The molecule has 0 aliphatic heterocycles. The van der Waals surface area contributed by atoms with Crippen LogP contribution in [0.5, 0.6) is 5.75 Å². The first-order valence-electron chi connectivity index (χ1n) is 7.86. The van der Waals surface area contributed by atoms with E-state index < -0.39 is 9.04 Å². The monoisotopic (exact) mass is 334 g/mol. The second-order valence-electron chi connectivity index (χ2n) is 7.05. The van der Waals surface area contributed by atoms with Crippen LogP contribution in [-0.4, -0.2) is 26.3 Å². The average molecular weight is 334 g/mol. The summed E-state index contributed by atoms with van der Waals surface area (Å²) < 4.78 is 17.2. The molecule has 0 radical (unpaired) electrons. The van der Waals surface area contributed by atoms with Crippen LogP contribution in [0.15, 0.2) is 22.7 Å². The third kappa shape index (κ3) is 4.20. The first-order valence-corrected chi connectivity index (χ1v) is 10.6. The van der Waals surface area contributed by atoms with E-state index in [9.17, 15) is 0 Å². The maximum Gasteiger partial charge on any atom is 0.185 e. The van der Waals surface area contributed by atoms with Crippen LogP contribution in [0.1, 0.15) is 38.3 Å². The molecule has 0 bridgehead atoms. The second-order valence-corrected chi connectivity index (χ2v) is 9.42. The maximum absolute atomic E-state index is 6.29. The van der Waals surface area contributed by atoms with Gasteiger partial charge in [-0.1, -0.05) is 25.9 Å². The van der Waals surface area contributed by atoms with Gasteiger partial charge in [0.2, 0.25) is 0 Å². The van der Waals surface area contributed by atoms with Crippen molar-refractivity contribution < 1.29 is 13.7 Å². The number of aryl methyl sites for hydroxylation is 1. The van der Waals surface area contributed by atoms with Crippen LogP contribution in [-0.2, 0) is 4.43 Å². The minimum Gasteiger partial charge on any atom is -0.495 e. The number of methoxy groups -OCH3 is 1. The third-order valence-corrected chi connectivity index (χ3v) is 4.25. The van der Waals surface area contributed by atoms with Crippen molar-refractivity contribution in [3.63, 3.8) is 0 Å². The highest BCUT2D eigenvalue weighted by molar-refractivity contribution is 6.48. The van der Waals surface area contributed by atoms with Gasteiger partial charge in [0.15, 0.2) is 14.8 Å². The van der Waals surface area contributed by atoms with Gasteiger partial charge in [-0.2, -0.15) is 0 Å². The van der Waals surface area contributed by atoms with Gasteiger partial charge in [-0.05, 0) is 37.6 Å². The Kier molecular flexibility index (Phi) is 5.26. The van der Waals surface area contributed by atoms with Crippen molar-refractivity contribution in [2.75, 3.05) is 7.11 Å². The molecule has 0 aliphatic carbocycles. The zero-order valence-electron chi connectivity index (χ0n) is 15.0. The maximum atomic E-state index is 6.29. The van der Waals surface area contributed by atoms with E-state index in [1.54, 1.807) is 7.11 Å². The van der Waals surface area contributed by atoms with Crippen LogP contribution in [0.3, 0.4) is 0 Å². The molecule has 126 valence electrons. The summed E-state index contributed by atoms with van der Waals surface area (Å²) >= 11 is 0. The van der Waals surface area contributed by atoms with Gasteiger partial charge in [-0.15, -0.1) is 0 Å². The fraction of sp³-hybridized carbons (Fsp3) is 0.529. The van der Waals surface area contributed by atoms with E-state index >= 15 is 0 Å². The largest absolute Gasteiger partial charge is 0.495 e. The molecule has 1 atom stereocenters. The molecule has 0 N–H and O–H groups in total. The molecule has 0 amide bonds. The fourth-order valence-electron chi connectivity index (χ4n) is 2.40. The third-order valence-electron chi connectivity index (χ3n) is 3.43. The zero-order valence-corrected chi connectivity index (χ0v) is 16.2. The standard InChI is InChI=1S/C17H26N2O3Si/c1-11-10-14(21-19-11)12-8-9-13(20-5)15(18-12)16(17(2,3)4)22-23(6)7/h8-10,16,23H,1-7H3. The SMILES string of the molecule is COc1ccc(-c2cc(C)no2)nc1C(O[SiH](C)C)C(C)(C)C. The Morgan fingerprint density at radius 2 is 1.91 bits per heavy atom. The van der Waals surface area contributed by atoms with Gasteiger partial charge < -0.3 is 13.7 Å². The van der Waals surface area contributed by atoms with Crippen LogP contribution in [0, 0.1) is 12.3 Å². The van der Waals surface area contributed by atoms with Gasteiger partial charge in [0.25, 0.3) is 0 Å². The topological polar surface area (TPSA) is 57.4 Å². The average Bonchev–Trinajstić information content (AvgIpc) is 2.89. The molecule has 2 heterocycles. The van der Waals surface area contributed by atoms with Gasteiger partial charge in [-0.3, -0.25) is 0 Å². The summed E-state index contributed by atoms with van der Waals surface area (Å²) in [5.74, 6) is 1.39. The highest BCUT2D eigenvalue weighted by Crippen LogP contribution is 2.40. The van der Waals surface area contributed by atoms with Gasteiger partial charge in [-0.25, -0.2) is 4.98 Å². The molecule has 0 aromatic carbocycles. The van der Waals surface area contributed by atoms with E-state index in [2.05, 4.69) is 39.0 Å². The number of nitrogens with zero attached hydrogens (tertiary/aromatic N) is 2. The van der Waals surface area contributed by atoms with Crippen LogP contribution in [0.25, 0.3) is 11.5 Å². The highest BCUT2D eigenvalue weighted by Gasteiger charge is 2.32. The number of rotatable bonds is 5. The van der Waals surface area contributed by atoms with Gasteiger partial charge in [0.05, 0.1) is 18.9 Å². The van der Waals surface area contributed by atoms with E-state index in [4.69, 9.17) is 18.7 Å². The van der Waals surface area contributed by atoms with E-state index in [1.807, 2.05) is 25.1 Å². The molecule has 2 rings (SSSR count). The van der Waals surface area contributed by atoms with Crippen molar-refractivity contribution in [1.82, 2.24) is 10.1 Å². The molecule has 0 aliphatic rings. The number of hydrogen-bond donors (Lipinski definition) is 0. The van der Waals surface area contributed by atoms with Crippen LogP contribution < -0.4 is 4.74 Å². The van der Waals surface area contributed by atoms with Crippen LogP contribution >= 0.6 is 0 Å². The predicted octanol–water partition coefficient (Wildman–Crippen LogP) is 4.14. The van der Waals surface area contributed by atoms with Crippen molar-refractivity contribution in [2.45, 2.75) is 46.9 Å². The summed E-state index contributed by atoms with van der Waals surface area (Å²) in [6, 6.07) is 5.68. The Hall–Kier alpha value is -1.66.